The number of nitrogens with one attached hydrogen (secondary N) is 1. The van der Waals surface area contributed by atoms with E-state index in [2.05, 4.69) is 12.2 Å². The monoisotopic (exact) mass is 313 g/mol. The van der Waals surface area contributed by atoms with Crippen molar-refractivity contribution in [2.75, 3.05) is 12.7 Å². The molecule has 0 aliphatic rings. The lowest BCUT2D eigenvalue weighted by Crippen LogP contribution is -2.16. The second-order valence-corrected chi connectivity index (χ2v) is 7.36. The topological polar surface area (TPSA) is 12.0 Å². The lowest BCUT2D eigenvalue weighted by molar-refractivity contribution is 0.527. The zero-order chi connectivity index (χ0) is 15.4. The van der Waals surface area contributed by atoms with Crippen molar-refractivity contribution in [3.8, 4) is 0 Å². The van der Waals surface area contributed by atoms with E-state index in [-0.39, 0.29) is 0 Å². The van der Waals surface area contributed by atoms with Gasteiger partial charge < -0.3 is 5.32 Å². The van der Waals surface area contributed by atoms with E-state index in [1.807, 2.05) is 0 Å². The third-order valence-electron chi connectivity index (χ3n) is 4.46. The summed E-state index contributed by atoms with van der Waals surface area (Å²) in [4.78, 5) is 0. The van der Waals surface area contributed by atoms with Crippen LogP contribution in [0.5, 0.6) is 0 Å². The maximum atomic E-state index is 3.46. The molecule has 0 aliphatic heterocycles. The highest BCUT2D eigenvalue weighted by molar-refractivity contribution is 6.08. The molecule has 0 saturated carbocycles. The van der Waals surface area contributed by atoms with E-state index in [9.17, 15) is 0 Å². The second kappa shape index (κ2) is 20.2. The molecule has 0 atom stereocenters. The van der Waals surface area contributed by atoms with Crippen molar-refractivity contribution in [3.05, 3.63) is 0 Å². The fourth-order valence-electron chi connectivity index (χ4n) is 2.97. The van der Waals surface area contributed by atoms with Crippen molar-refractivity contribution < 1.29 is 0 Å². The van der Waals surface area contributed by atoms with Crippen LogP contribution < -0.4 is 5.32 Å². The summed E-state index contributed by atoms with van der Waals surface area (Å²) in [6.07, 6.45) is 24.6. The Balaban J connectivity index is 2.90. The predicted octanol–water partition coefficient (Wildman–Crippen LogP) is 5.16. The standard InChI is InChI=1S/C19H43NSi/c1-2-3-4-5-6-7-8-9-10-11-12-13-14-15-16-17-18-20-19-21/h20H,2-19H2,1,21H3. The highest BCUT2D eigenvalue weighted by atomic mass is 28.1. The molecule has 0 unspecified atom stereocenters. The fourth-order valence-corrected chi connectivity index (χ4v) is 3.33. The van der Waals surface area contributed by atoms with E-state index >= 15 is 0 Å². The quantitative estimate of drug-likeness (QED) is 0.272. The van der Waals surface area contributed by atoms with Crippen molar-refractivity contribution in [3.63, 3.8) is 0 Å². The predicted molar refractivity (Wildman–Crippen MR) is 102 cm³/mol. The van der Waals surface area contributed by atoms with Crippen LogP contribution >= 0.6 is 0 Å². The summed E-state index contributed by atoms with van der Waals surface area (Å²) in [5, 5.41) is 3.46. The van der Waals surface area contributed by atoms with Gasteiger partial charge in [0.1, 0.15) is 0 Å². The van der Waals surface area contributed by atoms with Crippen LogP contribution in [-0.2, 0) is 0 Å². The van der Waals surface area contributed by atoms with Gasteiger partial charge in [-0.1, -0.05) is 103 Å². The summed E-state index contributed by atoms with van der Waals surface area (Å²) in [5.74, 6) is 0. The molecule has 0 aliphatic carbocycles. The minimum absolute atomic E-state index is 1.25. The largest absolute Gasteiger partial charge is 0.320 e. The van der Waals surface area contributed by atoms with Crippen LogP contribution in [-0.4, -0.2) is 23.0 Å². The molecular formula is C19H43NSi. The Bertz CT molecular complexity index is 155. The third kappa shape index (κ3) is 20.2. The number of hydrogen-bond donors (Lipinski definition) is 1. The smallest absolute Gasteiger partial charge is 0.0201 e. The molecule has 0 spiro atoms. The molecule has 21 heavy (non-hydrogen) atoms. The molecule has 0 aromatic carbocycles. The van der Waals surface area contributed by atoms with E-state index in [1.54, 1.807) is 0 Å². The van der Waals surface area contributed by atoms with Gasteiger partial charge in [0.25, 0.3) is 0 Å². The zero-order valence-electron chi connectivity index (χ0n) is 15.2. The molecule has 0 bridgehead atoms. The summed E-state index contributed by atoms with van der Waals surface area (Å²) in [6, 6.07) is 0. The van der Waals surface area contributed by atoms with Gasteiger partial charge in [-0.05, 0) is 19.1 Å². The minimum atomic E-state index is 1.25. The maximum absolute atomic E-state index is 3.46. The Kier molecular flexibility index (Phi) is 20.3. The summed E-state index contributed by atoms with van der Waals surface area (Å²) < 4.78 is 0. The molecule has 0 aromatic heterocycles. The molecule has 0 radical (unpaired) electrons. The molecular weight excluding hydrogens is 270 g/mol. The Labute approximate surface area is 138 Å². The van der Waals surface area contributed by atoms with Crippen molar-refractivity contribution in [1.29, 1.82) is 0 Å². The number of rotatable bonds is 18. The van der Waals surface area contributed by atoms with Crippen molar-refractivity contribution >= 4 is 10.2 Å². The highest BCUT2D eigenvalue weighted by Crippen LogP contribution is 2.13. The van der Waals surface area contributed by atoms with Crippen molar-refractivity contribution in [2.24, 2.45) is 0 Å². The molecule has 0 amide bonds. The van der Waals surface area contributed by atoms with Crippen LogP contribution in [0.25, 0.3) is 0 Å². The van der Waals surface area contributed by atoms with E-state index in [4.69, 9.17) is 0 Å². The van der Waals surface area contributed by atoms with Gasteiger partial charge in [0.15, 0.2) is 0 Å². The van der Waals surface area contributed by atoms with Crippen LogP contribution in [0.2, 0.25) is 0 Å². The van der Waals surface area contributed by atoms with Crippen LogP contribution in [0.15, 0.2) is 0 Å². The van der Waals surface area contributed by atoms with Gasteiger partial charge in [0, 0.05) is 10.2 Å². The second-order valence-electron chi connectivity index (χ2n) is 6.66. The van der Waals surface area contributed by atoms with Gasteiger partial charge in [-0.2, -0.15) is 0 Å². The van der Waals surface area contributed by atoms with Gasteiger partial charge in [-0.3, -0.25) is 0 Å². The average Bonchev–Trinajstić information content (AvgIpc) is 2.50. The Morgan fingerprint density at radius 2 is 0.857 bits per heavy atom. The summed E-state index contributed by atoms with van der Waals surface area (Å²) in [5.41, 5.74) is 0. The average molecular weight is 314 g/mol. The molecule has 1 N–H and O–H groups in total. The number of unbranched alkanes of at least 4 members (excludes halogenated alkanes) is 15. The first-order valence-electron chi connectivity index (χ1n) is 10.1. The first-order chi connectivity index (χ1) is 10.4. The Morgan fingerprint density at radius 1 is 0.524 bits per heavy atom. The lowest BCUT2D eigenvalue weighted by Gasteiger charge is -2.04. The molecule has 1 nitrogen and oxygen atoms in total. The van der Waals surface area contributed by atoms with Gasteiger partial charge in [0.05, 0.1) is 0 Å². The van der Waals surface area contributed by atoms with Crippen molar-refractivity contribution in [1.82, 2.24) is 5.32 Å². The van der Waals surface area contributed by atoms with E-state index < -0.39 is 0 Å². The lowest BCUT2D eigenvalue weighted by atomic mass is 10.0. The molecule has 0 saturated heterocycles. The van der Waals surface area contributed by atoms with Crippen LogP contribution in [0.1, 0.15) is 110 Å². The van der Waals surface area contributed by atoms with E-state index in [0.29, 0.717) is 0 Å². The molecule has 128 valence electrons. The van der Waals surface area contributed by atoms with E-state index in [1.165, 1.54) is 126 Å². The summed E-state index contributed by atoms with van der Waals surface area (Å²) in [6.45, 7) is 3.55. The first kappa shape index (κ1) is 21.2. The molecule has 2 heteroatoms. The Hall–Kier alpha value is 0.177. The fraction of sp³-hybridized carbons (Fsp3) is 1.00. The maximum Gasteiger partial charge on any atom is 0.0201 e. The molecule has 0 fully saturated rings. The number of hydrogen-bond acceptors (Lipinski definition) is 1. The van der Waals surface area contributed by atoms with Gasteiger partial charge in [-0.25, -0.2) is 0 Å². The van der Waals surface area contributed by atoms with Gasteiger partial charge in [-0.15, -0.1) is 0 Å². The summed E-state index contributed by atoms with van der Waals surface area (Å²) >= 11 is 0. The normalized spacial score (nSPS) is 11.3. The zero-order valence-corrected chi connectivity index (χ0v) is 17.2. The summed E-state index contributed by atoms with van der Waals surface area (Å²) in [7, 11) is 1.30. The first-order valence-corrected chi connectivity index (χ1v) is 11.5. The molecule has 0 aromatic rings. The SMILES string of the molecule is CCCCCCCCCCCCCCCCCCNC[SiH3]. The highest BCUT2D eigenvalue weighted by Gasteiger charge is 1.94. The molecule has 0 heterocycles. The van der Waals surface area contributed by atoms with Crippen LogP contribution in [0.3, 0.4) is 0 Å². The van der Waals surface area contributed by atoms with E-state index in [0.717, 1.165) is 0 Å². The Morgan fingerprint density at radius 3 is 1.19 bits per heavy atom. The van der Waals surface area contributed by atoms with Crippen molar-refractivity contribution in [2.45, 2.75) is 110 Å². The van der Waals surface area contributed by atoms with Crippen LogP contribution in [0, 0.1) is 0 Å². The molecule has 0 rings (SSSR count). The van der Waals surface area contributed by atoms with Gasteiger partial charge in [0.2, 0.25) is 0 Å². The third-order valence-corrected chi connectivity index (χ3v) is 4.96. The van der Waals surface area contributed by atoms with Gasteiger partial charge >= 0.3 is 0 Å². The minimum Gasteiger partial charge on any atom is -0.320 e. The van der Waals surface area contributed by atoms with Crippen LogP contribution in [0.4, 0.5) is 0 Å².